The molecule has 0 fully saturated rings. The van der Waals surface area contributed by atoms with Gasteiger partial charge in [0.15, 0.2) is 0 Å². The number of rotatable bonds is 13. The second-order valence-electron chi connectivity index (χ2n) is 4.38. The Balaban J connectivity index is 3.37. The third-order valence-electron chi connectivity index (χ3n) is 2.59. The molecule has 0 rings (SSSR count). The van der Waals surface area contributed by atoms with E-state index in [1.165, 1.54) is 12.8 Å². The Bertz CT molecular complexity index is 208. The van der Waals surface area contributed by atoms with Gasteiger partial charge in [0, 0.05) is 13.0 Å². The van der Waals surface area contributed by atoms with Crippen molar-refractivity contribution in [2.24, 2.45) is 0 Å². The third kappa shape index (κ3) is 13.6. The van der Waals surface area contributed by atoms with Crippen molar-refractivity contribution in [1.29, 1.82) is 0 Å². The van der Waals surface area contributed by atoms with Gasteiger partial charge in [-0.3, -0.25) is 4.79 Å². The van der Waals surface area contributed by atoms with Crippen molar-refractivity contribution in [3.05, 3.63) is 0 Å². The molecule has 1 unspecified atom stereocenters. The Hall–Kier alpha value is -0.650. The average Bonchev–Trinajstić information content (AvgIpc) is 2.38. The van der Waals surface area contributed by atoms with Gasteiger partial charge >= 0.3 is 5.97 Å². The number of carbonyl (C=O) groups is 1. The van der Waals surface area contributed by atoms with Crippen LogP contribution in [0.2, 0.25) is 0 Å². The summed E-state index contributed by atoms with van der Waals surface area (Å²) in [6.07, 6.45) is 4.56. The molecule has 19 heavy (non-hydrogen) atoms. The van der Waals surface area contributed by atoms with Gasteiger partial charge in [-0.15, -0.1) is 0 Å². The van der Waals surface area contributed by atoms with E-state index in [0.717, 1.165) is 19.3 Å². The highest BCUT2D eigenvalue weighted by molar-refractivity contribution is 5.69. The summed E-state index contributed by atoms with van der Waals surface area (Å²) in [5, 5.41) is 9.41. The van der Waals surface area contributed by atoms with Crippen LogP contribution in [0.5, 0.6) is 0 Å². The topological polar surface area (TPSA) is 65.0 Å². The van der Waals surface area contributed by atoms with E-state index in [2.05, 4.69) is 6.92 Å². The van der Waals surface area contributed by atoms with Gasteiger partial charge in [0.05, 0.1) is 13.2 Å². The maximum absolute atomic E-state index is 11.4. The molecule has 0 aromatic carbocycles. The van der Waals surface area contributed by atoms with Gasteiger partial charge in [-0.2, -0.15) is 0 Å². The first kappa shape index (κ1) is 18.4. The van der Waals surface area contributed by atoms with Crippen LogP contribution in [0.3, 0.4) is 0 Å². The van der Waals surface area contributed by atoms with Gasteiger partial charge in [-0.05, 0) is 13.3 Å². The third-order valence-corrected chi connectivity index (χ3v) is 2.59. The van der Waals surface area contributed by atoms with Gasteiger partial charge in [0.2, 0.25) is 6.29 Å². The molecular weight excluding hydrogens is 248 g/mol. The molecule has 0 aliphatic rings. The Labute approximate surface area is 116 Å². The van der Waals surface area contributed by atoms with Crippen LogP contribution < -0.4 is 0 Å². The second-order valence-corrected chi connectivity index (χ2v) is 4.38. The molecule has 114 valence electrons. The van der Waals surface area contributed by atoms with Crippen molar-refractivity contribution in [3.8, 4) is 0 Å². The molecule has 0 saturated carbocycles. The lowest BCUT2D eigenvalue weighted by atomic mass is 10.1. The number of ether oxygens (including phenoxy) is 3. The minimum atomic E-state index is -1.18. The van der Waals surface area contributed by atoms with Gasteiger partial charge < -0.3 is 19.3 Å². The van der Waals surface area contributed by atoms with E-state index in [-0.39, 0.29) is 12.6 Å². The van der Waals surface area contributed by atoms with Crippen LogP contribution in [0.15, 0.2) is 0 Å². The minimum absolute atomic E-state index is 0.00531. The number of aliphatic hydroxyl groups excluding tert-OH is 1. The zero-order chi connectivity index (χ0) is 14.3. The van der Waals surface area contributed by atoms with E-state index in [0.29, 0.717) is 26.2 Å². The Morgan fingerprint density at radius 2 is 1.74 bits per heavy atom. The van der Waals surface area contributed by atoms with Crippen molar-refractivity contribution in [1.82, 2.24) is 0 Å². The number of carbonyl (C=O) groups excluding carboxylic acids is 1. The molecule has 0 bridgehead atoms. The quantitative estimate of drug-likeness (QED) is 0.317. The predicted molar refractivity (Wildman–Crippen MR) is 72.8 cm³/mol. The maximum Gasteiger partial charge on any atom is 0.308 e. The first-order chi connectivity index (χ1) is 9.20. The van der Waals surface area contributed by atoms with Crippen LogP contribution in [0.25, 0.3) is 0 Å². The minimum Gasteiger partial charge on any atom is -0.433 e. The predicted octanol–water partition coefficient (Wildman–Crippen LogP) is 2.26. The van der Waals surface area contributed by atoms with Crippen LogP contribution in [-0.2, 0) is 19.0 Å². The number of esters is 1. The smallest absolute Gasteiger partial charge is 0.308 e. The molecule has 0 radical (unpaired) electrons. The highest BCUT2D eigenvalue weighted by Gasteiger charge is 2.10. The van der Waals surface area contributed by atoms with E-state index in [1.54, 1.807) is 0 Å². The molecule has 0 aliphatic carbocycles. The average molecular weight is 276 g/mol. The molecule has 0 aromatic rings. The molecule has 0 saturated heterocycles. The summed E-state index contributed by atoms with van der Waals surface area (Å²) in [4.78, 5) is 11.4. The SMILES string of the molecule is CCCCCCCC(=O)OC(O)COCCOCC. The summed E-state index contributed by atoms with van der Waals surface area (Å²) in [6, 6.07) is 0. The highest BCUT2D eigenvalue weighted by Crippen LogP contribution is 2.06. The fourth-order valence-electron chi connectivity index (χ4n) is 1.56. The summed E-state index contributed by atoms with van der Waals surface area (Å²) < 4.78 is 15.0. The van der Waals surface area contributed by atoms with Crippen LogP contribution in [0, 0.1) is 0 Å². The van der Waals surface area contributed by atoms with Crippen molar-refractivity contribution >= 4 is 5.97 Å². The number of aliphatic hydroxyl groups is 1. The van der Waals surface area contributed by atoms with Crippen molar-refractivity contribution in [2.75, 3.05) is 26.4 Å². The second kappa shape index (κ2) is 13.8. The number of hydrogen-bond acceptors (Lipinski definition) is 5. The van der Waals surface area contributed by atoms with Gasteiger partial charge in [-0.1, -0.05) is 32.6 Å². The summed E-state index contributed by atoms with van der Waals surface area (Å²) in [5.41, 5.74) is 0. The van der Waals surface area contributed by atoms with Crippen LogP contribution in [0.4, 0.5) is 0 Å². The number of hydrogen-bond donors (Lipinski definition) is 1. The fraction of sp³-hybridized carbons (Fsp3) is 0.929. The van der Waals surface area contributed by atoms with E-state index in [9.17, 15) is 9.90 Å². The first-order valence-corrected chi connectivity index (χ1v) is 7.23. The first-order valence-electron chi connectivity index (χ1n) is 7.23. The standard InChI is InChI=1S/C14H28O5/c1-3-5-6-7-8-9-13(15)19-14(16)12-18-11-10-17-4-2/h14,16H,3-12H2,1-2H3. The van der Waals surface area contributed by atoms with Gasteiger partial charge in [-0.25, -0.2) is 0 Å². The molecule has 5 heteroatoms. The molecule has 1 N–H and O–H groups in total. The zero-order valence-corrected chi connectivity index (χ0v) is 12.2. The molecule has 0 spiro atoms. The summed E-state index contributed by atoms with van der Waals surface area (Å²) in [5.74, 6) is -0.364. The molecule has 0 aromatic heterocycles. The van der Waals surface area contributed by atoms with E-state index in [1.807, 2.05) is 6.92 Å². The lowest BCUT2D eigenvalue weighted by Gasteiger charge is -2.12. The normalized spacial score (nSPS) is 12.4. The van der Waals surface area contributed by atoms with E-state index >= 15 is 0 Å². The summed E-state index contributed by atoms with van der Waals surface area (Å²) >= 11 is 0. The van der Waals surface area contributed by atoms with Gasteiger partial charge in [0.1, 0.15) is 6.61 Å². The number of unbranched alkanes of at least 4 members (excludes halogenated alkanes) is 4. The Morgan fingerprint density at radius 3 is 2.42 bits per heavy atom. The van der Waals surface area contributed by atoms with Crippen molar-refractivity contribution in [2.45, 2.75) is 58.7 Å². The molecular formula is C14H28O5. The van der Waals surface area contributed by atoms with Gasteiger partial charge in [0.25, 0.3) is 0 Å². The van der Waals surface area contributed by atoms with Crippen LogP contribution >= 0.6 is 0 Å². The largest absolute Gasteiger partial charge is 0.433 e. The molecule has 0 amide bonds. The summed E-state index contributed by atoms with van der Waals surface area (Å²) in [7, 11) is 0. The van der Waals surface area contributed by atoms with Crippen LogP contribution in [0.1, 0.15) is 52.4 Å². The lowest BCUT2D eigenvalue weighted by Crippen LogP contribution is -2.23. The molecule has 5 nitrogen and oxygen atoms in total. The fourth-order valence-corrected chi connectivity index (χ4v) is 1.56. The molecule has 0 aliphatic heterocycles. The summed E-state index contributed by atoms with van der Waals surface area (Å²) in [6.45, 7) is 5.55. The monoisotopic (exact) mass is 276 g/mol. The molecule has 0 heterocycles. The van der Waals surface area contributed by atoms with Crippen molar-refractivity contribution < 1.29 is 24.1 Å². The lowest BCUT2D eigenvalue weighted by molar-refractivity contribution is -0.177. The van der Waals surface area contributed by atoms with E-state index < -0.39 is 6.29 Å². The van der Waals surface area contributed by atoms with E-state index in [4.69, 9.17) is 14.2 Å². The zero-order valence-electron chi connectivity index (χ0n) is 12.2. The maximum atomic E-state index is 11.4. The van der Waals surface area contributed by atoms with Crippen LogP contribution in [-0.4, -0.2) is 43.8 Å². The van der Waals surface area contributed by atoms with Crippen molar-refractivity contribution in [3.63, 3.8) is 0 Å². The Kier molecular flexibility index (Phi) is 13.3. The Morgan fingerprint density at radius 1 is 1.05 bits per heavy atom. The highest BCUT2D eigenvalue weighted by atomic mass is 16.7. The molecule has 1 atom stereocenters.